The Bertz CT molecular complexity index is 1150. The molecule has 2 aromatic heterocycles. The van der Waals surface area contributed by atoms with Gasteiger partial charge >= 0.3 is 0 Å². The topological polar surface area (TPSA) is 74.2 Å². The molecule has 0 unspecified atom stereocenters. The number of piperidine rings is 1. The van der Waals surface area contributed by atoms with Gasteiger partial charge in [-0.3, -0.25) is 4.79 Å². The molecular weight excluding hydrogens is 448 g/mol. The number of carbonyl (C=O) groups is 1. The summed E-state index contributed by atoms with van der Waals surface area (Å²) in [5, 5.41) is 3.60. The van der Waals surface area contributed by atoms with Crippen molar-refractivity contribution in [2.24, 2.45) is 0 Å². The Morgan fingerprint density at radius 1 is 1.00 bits per heavy atom. The molecule has 34 heavy (non-hydrogen) atoms. The van der Waals surface area contributed by atoms with E-state index in [1.54, 1.807) is 0 Å². The Hall–Kier alpha value is -2.77. The summed E-state index contributed by atoms with van der Waals surface area (Å²) in [5.74, 6) is 1.24. The Kier molecular flexibility index (Phi) is 6.92. The Balaban J connectivity index is 1.21. The molecule has 2 aliphatic heterocycles. The lowest BCUT2D eigenvalue weighted by Crippen LogP contribution is -2.44. The monoisotopic (exact) mass is 478 g/mol. The number of hydrogen-bond acceptors (Lipinski definition) is 6. The minimum absolute atomic E-state index is 0.0714. The number of halogens is 1. The first kappa shape index (κ1) is 23.0. The van der Waals surface area contributed by atoms with Crippen LogP contribution in [-0.4, -0.2) is 58.0 Å². The van der Waals surface area contributed by atoms with Crippen LogP contribution in [0.5, 0.6) is 0 Å². The molecule has 2 saturated heterocycles. The molecule has 0 spiro atoms. The molecular formula is C26H31ClN6O. The molecule has 2 fully saturated rings. The van der Waals surface area contributed by atoms with Crippen LogP contribution in [0.3, 0.4) is 0 Å². The molecule has 5 rings (SSSR count). The van der Waals surface area contributed by atoms with Crippen molar-refractivity contribution < 1.29 is 4.79 Å². The lowest BCUT2D eigenvalue weighted by molar-refractivity contribution is -0.116. The van der Waals surface area contributed by atoms with E-state index in [0.717, 1.165) is 41.3 Å². The summed E-state index contributed by atoms with van der Waals surface area (Å²) < 4.78 is 0. The summed E-state index contributed by atoms with van der Waals surface area (Å²) >= 11 is 5.92. The zero-order valence-electron chi connectivity index (χ0n) is 19.6. The van der Waals surface area contributed by atoms with Gasteiger partial charge < -0.3 is 15.1 Å². The molecule has 1 aromatic carbocycles. The number of likely N-dealkylation sites (tertiary alicyclic amines) is 1. The summed E-state index contributed by atoms with van der Waals surface area (Å²) in [6, 6.07) is 12.0. The minimum Gasteiger partial charge on any atom is -0.341 e. The van der Waals surface area contributed by atoms with Gasteiger partial charge in [0.05, 0.1) is 11.2 Å². The second-order valence-electron chi connectivity index (χ2n) is 9.31. The van der Waals surface area contributed by atoms with Crippen LogP contribution >= 0.6 is 11.6 Å². The fraction of sp³-hybridized carbons (Fsp3) is 0.462. The zero-order valence-corrected chi connectivity index (χ0v) is 20.4. The van der Waals surface area contributed by atoms with Crippen LogP contribution in [0.2, 0.25) is 5.02 Å². The van der Waals surface area contributed by atoms with Crippen LogP contribution in [0.15, 0.2) is 36.4 Å². The number of hydrogen-bond donors (Lipinski definition) is 1. The maximum atomic E-state index is 12.4. The molecule has 0 aliphatic carbocycles. The fourth-order valence-electron chi connectivity index (χ4n) is 5.01. The van der Waals surface area contributed by atoms with Crippen molar-refractivity contribution in [3.05, 3.63) is 52.7 Å². The van der Waals surface area contributed by atoms with Crippen LogP contribution in [0.25, 0.3) is 11.0 Å². The van der Waals surface area contributed by atoms with E-state index in [4.69, 9.17) is 21.6 Å². The van der Waals surface area contributed by atoms with E-state index in [-0.39, 0.29) is 5.91 Å². The molecule has 178 valence electrons. The van der Waals surface area contributed by atoms with Crippen molar-refractivity contribution in [2.45, 2.75) is 51.5 Å². The molecule has 8 heteroatoms. The number of benzene rings is 1. The first-order valence-electron chi connectivity index (χ1n) is 12.2. The van der Waals surface area contributed by atoms with Gasteiger partial charge in [-0.25, -0.2) is 15.0 Å². The van der Waals surface area contributed by atoms with E-state index in [0.29, 0.717) is 29.7 Å². The molecule has 1 amide bonds. The van der Waals surface area contributed by atoms with Crippen LogP contribution in [0.1, 0.15) is 43.4 Å². The Morgan fingerprint density at radius 3 is 2.47 bits per heavy atom. The predicted octanol–water partition coefficient (Wildman–Crippen LogP) is 4.62. The zero-order chi connectivity index (χ0) is 23.5. The highest BCUT2D eigenvalue weighted by Gasteiger charge is 2.27. The Labute approximate surface area is 205 Å². The van der Waals surface area contributed by atoms with Crippen molar-refractivity contribution in [1.29, 1.82) is 0 Å². The third-order valence-electron chi connectivity index (χ3n) is 6.93. The van der Waals surface area contributed by atoms with Crippen LogP contribution < -0.4 is 10.2 Å². The molecule has 7 nitrogen and oxygen atoms in total. The molecule has 0 bridgehead atoms. The quantitative estimate of drug-likeness (QED) is 0.557. The molecule has 4 heterocycles. The van der Waals surface area contributed by atoms with Gasteiger partial charge in [0, 0.05) is 30.6 Å². The number of aryl methyl sites for hydroxylation is 2. The smallest absolute Gasteiger partial charge is 0.226 e. The van der Waals surface area contributed by atoms with Gasteiger partial charge in [-0.1, -0.05) is 23.7 Å². The van der Waals surface area contributed by atoms with E-state index >= 15 is 0 Å². The second-order valence-corrected chi connectivity index (χ2v) is 9.75. The number of anilines is 2. The van der Waals surface area contributed by atoms with Gasteiger partial charge in [0.2, 0.25) is 11.9 Å². The SMILES string of the molecule is Cc1nc(N2CCC(N3CCCC3)CC2)nc2ccc(NC(=O)CCc3ccc(Cl)cc3)nc12. The highest BCUT2D eigenvalue weighted by Crippen LogP contribution is 2.25. The number of pyridine rings is 1. The summed E-state index contributed by atoms with van der Waals surface area (Å²) in [5.41, 5.74) is 3.45. The van der Waals surface area contributed by atoms with Gasteiger partial charge in [0.15, 0.2) is 0 Å². The lowest BCUT2D eigenvalue weighted by Gasteiger charge is -2.36. The number of amides is 1. The summed E-state index contributed by atoms with van der Waals surface area (Å²) in [7, 11) is 0. The second kappa shape index (κ2) is 10.2. The maximum Gasteiger partial charge on any atom is 0.226 e. The first-order chi connectivity index (χ1) is 16.5. The average molecular weight is 479 g/mol. The summed E-state index contributed by atoms with van der Waals surface area (Å²) in [6.07, 6.45) is 6.04. The van der Waals surface area contributed by atoms with Crippen molar-refractivity contribution in [1.82, 2.24) is 19.9 Å². The third kappa shape index (κ3) is 5.31. The molecule has 3 aromatic rings. The van der Waals surface area contributed by atoms with Gasteiger partial charge in [0.25, 0.3) is 0 Å². The first-order valence-corrected chi connectivity index (χ1v) is 12.6. The number of aromatic nitrogens is 3. The van der Waals surface area contributed by atoms with Crippen molar-refractivity contribution >= 4 is 40.3 Å². The number of carbonyl (C=O) groups excluding carboxylic acids is 1. The fourth-order valence-corrected chi connectivity index (χ4v) is 5.13. The van der Waals surface area contributed by atoms with E-state index in [2.05, 4.69) is 20.1 Å². The summed E-state index contributed by atoms with van der Waals surface area (Å²) in [6.45, 7) is 6.44. The number of rotatable bonds is 6. The van der Waals surface area contributed by atoms with Crippen LogP contribution in [0.4, 0.5) is 11.8 Å². The Morgan fingerprint density at radius 2 is 1.74 bits per heavy atom. The average Bonchev–Trinajstić information content (AvgIpc) is 3.39. The van der Waals surface area contributed by atoms with Gasteiger partial charge in [-0.15, -0.1) is 0 Å². The maximum absolute atomic E-state index is 12.4. The minimum atomic E-state index is -0.0714. The standard InChI is InChI=1S/C26H31ClN6O/c1-18-25-22(29-26(28-18)33-16-12-21(13-17-33)32-14-2-3-15-32)9-10-23(31-25)30-24(34)11-6-19-4-7-20(27)8-5-19/h4-5,7-10,21H,2-3,6,11-17H2,1H3,(H,30,31,34). The number of nitrogens with zero attached hydrogens (tertiary/aromatic N) is 5. The van der Waals surface area contributed by atoms with Crippen LogP contribution in [-0.2, 0) is 11.2 Å². The highest BCUT2D eigenvalue weighted by atomic mass is 35.5. The van der Waals surface area contributed by atoms with E-state index < -0.39 is 0 Å². The highest BCUT2D eigenvalue weighted by molar-refractivity contribution is 6.30. The number of fused-ring (bicyclic) bond motifs is 1. The lowest BCUT2D eigenvalue weighted by atomic mass is 10.0. The largest absolute Gasteiger partial charge is 0.341 e. The molecule has 1 N–H and O–H groups in total. The molecule has 0 radical (unpaired) electrons. The van der Waals surface area contributed by atoms with Crippen molar-refractivity contribution in [3.8, 4) is 0 Å². The van der Waals surface area contributed by atoms with E-state index in [1.165, 1.54) is 38.8 Å². The van der Waals surface area contributed by atoms with Gasteiger partial charge in [-0.05, 0) is 81.9 Å². The van der Waals surface area contributed by atoms with E-state index in [9.17, 15) is 4.79 Å². The molecule has 2 aliphatic rings. The predicted molar refractivity (Wildman–Crippen MR) is 137 cm³/mol. The van der Waals surface area contributed by atoms with Crippen LogP contribution in [0, 0.1) is 6.92 Å². The van der Waals surface area contributed by atoms with Gasteiger partial charge in [-0.2, -0.15) is 0 Å². The molecule has 0 atom stereocenters. The molecule has 0 saturated carbocycles. The van der Waals surface area contributed by atoms with Crippen molar-refractivity contribution in [3.63, 3.8) is 0 Å². The van der Waals surface area contributed by atoms with Crippen molar-refractivity contribution in [2.75, 3.05) is 36.4 Å². The number of nitrogens with one attached hydrogen (secondary N) is 1. The van der Waals surface area contributed by atoms with E-state index in [1.807, 2.05) is 43.3 Å². The normalized spacial score (nSPS) is 17.4. The van der Waals surface area contributed by atoms with Gasteiger partial charge in [0.1, 0.15) is 11.3 Å². The third-order valence-corrected chi connectivity index (χ3v) is 7.18. The summed E-state index contributed by atoms with van der Waals surface area (Å²) in [4.78, 5) is 31.6.